The predicted octanol–water partition coefficient (Wildman–Crippen LogP) is 3.32. The Morgan fingerprint density at radius 1 is 1.19 bits per heavy atom. The number of rotatable bonds is 3. The third kappa shape index (κ3) is 2.18. The molecule has 2 saturated carbocycles. The van der Waals surface area contributed by atoms with Gasteiger partial charge in [0.1, 0.15) is 0 Å². The molecule has 112 valence electrons. The van der Waals surface area contributed by atoms with Crippen LogP contribution in [0.1, 0.15) is 37.3 Å². The molecule has 3 unspecified atom stereocenters. The monoisotopic (exact) mass is 349 g/mol. The molecule has 2 aliphatic rings. The lowest BCUT2D eigenvalue weighted by atomic mass is 9.99. The summed E-state index contributed by atoms with van der Waals surface area (Å²) in [4.78, 5) is 17.1. The number of aromatic amines is 2. The molecule has 2 fully saturated rings. The van der Waals surface area contributed by atoms with Gasteiger partial charge in [-0.25, -0.2) is 4.79 Å². The second-order valence-electron chi connectivity index (χ2n) is 6.45. The minimum absolute atomic E-state index is 0.143. The summed E-state index contributed by atoms with van der Waals surface area (Å²) in [5, 5.41) is 3.52. The highest BCUT2D eigenvalue weighted by atomic mass is 79.9. The van der Waals surface area contributed by atoms with E-state index in [0.29, 0.717) is 6.04 Å². The summed E-state index contributed by atoms with van der Waals surface area (Å²) in [5.74, 6) is 2.53. The standard InChI is InChI=1S/C16H20BrN3O/c1-18-15(14-8-4-2-3-5-9(8)14)10-6-12-13(7-11(10)17)20-16(21)19-12/h6-9,14-15,18H,2-5H2,1H3,(H2,19,20,21). The van der Waals surface area contributed by atoms with Crippen LogP contribution < -0.4 is 11.0 Å². The summed E-state index contributed by atoms with van der Waals surface area (Å²) in [6.07, 6.45) is 5.54. The molecule has 3 atom stereocenters. The third-order valence-electron chi connectivity index (χ3n) is 5.39. The van der Waals surface area contributed by atoms with Crippen molar-refractivity contribution in [3.63, 3.8) is 0 Å². The fourth-order valence-corrected chi connectivity index (χ4v) is 5.00. The number of fused-ring (bicyclic) bond motifs is 2. The molecule has 1 aromatic heterocycles. The molecule has 2 aliphatic carbocycles. The summed E-state index contributed by atoms with van der Waals surface area (Å²) < 4.78 is 1.08. The van der Waals surface area contributed by atoms with E-state index in [1.807, 2.05) is 13.1 Å². The number of hydrogen-bond donors (Lipinski definition) is 3. The number of halogens is 1. The van der Waals surface area contributed by atoms with Crippen LogP contribution in [0.4, 0.5) is 0 Å². The molecule has 1 aromatic carbocycles. The Bertz CT molecular complexity index is 723. The van der Waals surface area contributed by atoms with Gasteiger partial charge in [-0.05, 0) is 55.3 Å². The van der Waals surface area contributed by atoms with Gasteiger partial charge in [-0.3, -0.25) is 0 Å². The largest absolute Gasteiger partial charge is 0.323 e. The van der Waals surface area contributed by atoms with E-state index in [4.69, 9.17) is 0 Å². The summed E-state index contributed by atoms with van der Waals surface area (Å²) in [5.41, 5.74) is 2.87. The number of benzene rings is 1. The fraction of sp³-hybridized carbons (Fsp3) is 0.562. The maximum Gasteiger partial charge on any atom is 0.323 e. The number of nitrogens with one attached hydrogen (secondary N) is 3. The Hall–Kier alpha value is -1.07. The van der Waals surface area contributed by atoms with Crippen molar-refractivity contribution in [3.05, 3.63) is 32.7 Å². The number of aromatic nitrogens is 2. The minimum atomic E-state index is -0.143. The highest BCUT2D eigenvalue weighted by molar-refractivity contribution is 9.10. The highest BCUT2D eigenvalue weighted by Crippen LogP contribution is 2.60. The van der Waals surface area contributed by atoms with Crippen LogP contribution in [0.5, 0.6) is 0 Å². The van der Waals surface area contributed by atoms with E-state index in [1.54, 1.807) is 0 Å². The van der Waals surface area contributed by atoms with Crippen molar-refractivity contribution in [3.8, 4) is 0 Å². The first-order valence-electron chi connectivity index (χ1n) is 7.77. The van der Waals surface area contributed by atoms with Crippen molar-refractivity contribution in [2.75, 3.05) is 7.05 Å². The van der Waals surface area contributed by atoms with E-state index in [0.717, 1.165) is 33.3 Å². The molecule has 0 aliphatic heterocycles. The summed E-state index contributed by atoms with van der Waals surface area (Å²) in [6.45, 7) is 0. The lowest BCUT2D eigenvalue weighted by molar-refractivity contribution is 0.480. The molecule has 4 nitrogen and oxygen atoms in total. The van der Waals surface area contributed by atoms with E-state index in [-0.39, 0.29) is 5.69 Å². The SMILES string of the molecule is CNC(c1cc2[nH]c(=O)[nH]c2cc1Br)C1C2CCCCC21. The zero-order chi connectivity index (χ0) is 14.6. The van der Waals surface area contributed by atoms with Gasteiger partial charge < -0.3 is 15.3 Å². The van der Waals surface area contributed by atoms with Gasteiger partial charge in [-0.1, -0.05) is 28.8 Å². The van der Waals surface area contributed by atoms with Crippen LogP contribution in [0, 0.1) is 17.8 Å². The quantitative estimate of drug-likeness (QED) is 0.795. The molecule has 3 N–H and O–H groups in total. The molecule has 5 heteroatoms. The van der Waals surface area contributed by atoms with Crippen LogP contribution in [0.3, 0.4) is 0 Å². The minimum Gasteiger partial charge on any atom is -0.313 e. The molecule has 0 amide bonds. The van der Waals surface area contributed by atoms with Crippen molar-refractivity contribution in [2.45, 2.75) is 31.7 Å². The first-order chi connectivity index (χ1) is 10.2. The van der Waals surface area contributed by atoms with Crippen molar-refractivity contribution >= 4 is 27.0 Å². The van der Waals surface area contributed by atoms with Crippen LogP contribution in [-0.4, -0.2) is 17.0 Å². The highest BCUT2D eigenvalue weighted by Gasteiger charge is 2.54. The van der Waals surface area contributed by atoms with Crippen LogP contribution >= 0.6 is 15.9 Å². The average Bonchev–Trinajstić information content (AvgIpc) is 3.07. The maximum atomic E-state index is 11.5. The van der Waals surface area contributed by atoms with Crippen LogP contribution in [0.15, 0.2) is 21.4 Å². The molecular formula is C16H20BrN3O. The van der Waals surface area contributed by atoms with Gasteiger partial charge in [0.05, 0.1) is 11.0 Å². The molecule has 0 spiro atoms. The van der Waals surface area contributed by atoms with Gasteiger partial charge in [0, 0.05) is 10.5 Å². The van der Waals surface area contributed by atoms with E-state index in [2.05, 4.69) is 37.3 Å². The van der Waals surface area contributed by atoms with Gasteiger partial charge in [0.25, 0.3) is 0 Å². The Morgan fingerprint density at radius 2 is 1.81 bits per heavy atom. The smallest absolute Gasteiger partial charge is 0.313 e. The van der Waals surface area contributed by atoms with Gasteiger partial charge in [0.2, 0.25) is 0 Å². The first-order valence-corrected chi connectivity index (χ1v) is 8.57. The van der Waals surface area contributed by atoms with E-state index < -0.39 is 0 Å². The van der Waals surface area contributed by atoms with Gasteiger partial charge in [0.15, 0.2) is 0 Å². The van der Waals surface area contributed by atoms with Crippen molar-refractivity contribution in [1.29, 1.82) is 0 Å². The van der Waals surface area contributed by atoms with Gasteiger partial charge in [-0.2, -0.15) is 0 Å². The molecule has 0 radical (unpaired) electrons. The molecule has 21 heavy (non-hydrogen) atoms. The number of hydrogen-bond acceptors (Lipinski definition) is 2. The Balaban J connectivity index is 1.73. The third-order valence-corrected chi connectivity index (χ3v) is 6.07. The lowest BCUT2D eigenvalue weighted by Gasteiger charge is -2.19. The van der Waals surface area contributed by atoms with E-state index >= 15 is 0 Å². The Morgan fingerprint density at radius 3 is 2.43 bits per heavy atom. The summed E-state index contributed by atoms with van der Waals surface area (Å²) >= 11 is 3.69. The zero-order valence-electron chi connectivity index (χ0n) is 12.1. The fourth-order valence-electron chi connectivity index (χ4n) is 4.41. The summed E-state index contributed by atoms with van der Waals surface area (Å²) in [6, 6.07) is 4.50. The van der Waals surface area contributed by atoms with Crippen LogP contribution in [0.2, 0.25) is 0 Å². The Labute approximate surface area is 131 Å². The topological polar surface area (TPSA) is 60.7 Å². The predicted molar refractivity (Wildman–Crippen MR) is 87.4 cm³/mol. The van der Waals surface area contributed by atoms with Crippen molar-refractivity contribution in [1.82, 2.24) is 15.3 Å². The van der Waals surface area contributed by atoms with Gasteiger partial charge in [-0.15, -0.1) is 0 Å². The maximum absolute atomic E-state index is 11.5. The second kappa shape index (κ2) is 4.99. The lowest BCUT2D eigenvalue weighted by Crippen LogP contribution is -2.20. The van der Waals surface area contributed by atoms with E-state index in [9.17, 15) is 4.79 Å². The summed E-state index contributed by atoms with van der Waals surface area (Å²) in [7, 11) is 2.05. The average molecular weight is 350 g/mol. The van der Waals surface area contributed by atoms with E-state index in [1.165, 1.54) is 31.2 Å². The normalized spacial score (nSPS) is 29.3. The zero-order valence-corrected chi connectivity index (χ0v) is 13.7. The Kier molecular flexibility index (Phi) is 3.23. The molecular weight excluding hydrogens is 330 g/mol. The number of H-pyrrole nitrogens is 2. The second-order valence-corrected chi connectivity index (χ2v) is 7.31. The number of imidazole rings is 1. The van der Waals surface area contributed by atoms with Gasteiger partial charge >= 0.3 is 5.69 Å². The van der Waals surface area contributed by atoms with Crippen LogP contribution in [-0.2, 0) is 0 Å². The van der Waals surface area contributed by atoms with Crippen molar-refractivity contribution < 1.29 is 0 Å². The molecule has 0 saturated heterocycles. The first kappa shape index (κ1) is 13.6. The van der Waals surface area contributed by atoms with Crippen LogP contribution in [0.25, 0.3) is 11.0 Å². The molecule has 4 rings (SSSR count). The molecule has 1 heterocycles. The van der Waals surface area contributed by atoms with Crippen molar-refractivity contribution in [2.24, 2.45) is 17.8 Å². The molecule has 2 aromatic rings. The molecule has 0 bridgehead atoms.